The molecule has 0 radical (unpaired) electrons. The lowest BCUT2D eigenvalue weighted by atomic mass is 10.1. The Morgan fingerprint density at radius 3 is 2.39 bits per heavy atom. The normalized spacial score (nSPS) is 10.7. The Balaban J connectivity index is 2.19. The standard InChI is InChI=1S/C19H23ClN2S/c1-13(2)22(12-16-8-6-5-7-9-16)19(23)21-18-15(4)10-14(3)11-17(18)20/h5-11,13H,12H2,1-4H3,(H,21,23). The first-order valence-electron chi connectivity index (χ1n) is 7.76. The fraction of sp³-hybridized carbons (Fsp3) is 0.316. The predicted molar refractivity (Wildman–Crippen MR) is 104 cm³/mol. The molecule has 0 bridgehead atoms. The molecule has 23 heavy (non-hydrogen) atoms. The van der Waals surface area contributed by atoms with Gasteiger partial charge in [0.25, 0.3) is 0 Å². The zero-order valence-electron chi connectivity index (χ0n) is 14.1. The van der Waals surface area contributed by atoms with Crippen LogP contribution < -0.4 is 5.32 Å². The van der Waals surface area contributed by atoms with Gasteiger partial charge in [0.1, 0.15) is 0 Å². The quantitative estimate of drug-likeness (QED) is 0.729. The predicted octanol–water partition coefficient (Wildman–Crippen LogP) is 5.56. The molecule has 0 aliphatic heterocycles. The molecule has 0 amide bonds. The van der Waals surface area contributed by atoms with Crippen LogP contribution in [0.2, 0.25) is 5.02 Å². The number of halogens is 1. The second kappa shape index (κ2) is 7.80. The minimum absolute atomic E-state index is 0.291. The first-order valence-corrected chi connectivity index (χ1v) is 8.55. The summed E-state index contributed by atoms with van der Waals surface area (Å²) in [5, 5.41) is 4.73. The highest BCUT2D eigenvalue weighted by molar-refractivity contribution is 7.80. The summed E-state index contributed by atoms with van der Waals surface area (Å²) in [4.78, 5) is 2.17. The molecule has 122 valence electrons. The van der Waals surface area contributed by atoms with Gasteiger partial charge in [0.2, 0.25) is 0 Å². The number of nitrogens with zero attached hydrogens (tertiary/aromatic N) is 1. The van der Waals surface area contributed by atoms with Crippen molar-refractivity contribution in [2.24, 2.45) is 0 Å². The summed E-state index contributed by atoms with van der Waals surface area (Å²) in [5.74, 6) is 0. The van der Waals surface area contributed by atoms with Crippen molar-refractivity contribution in [2.45, 2.75) is 40.3 Å². The van der Waals surface area contributed by atoms with Crippen molar-refractivity contribution >= 4 is 34.6 Å². The zero-order valence-corrected chi connectivity index (χ0v) is 15.6. The third-order valence-electron chi connectivity index (χ3n) is 3.74. The van der Waals surface area contributed by atoms with Crippen LogP contribution in [0, 0.1) is 13.8 Å². The molecule has 0 aromatic heterocycles. The lowest BCUT2D eigenvalue weighted by Crippen LogP contribution is -2.39. The highest BCUT2D eigenvalue weighted by Crippen LogP contribution is 2.28. The summed E-state index contributed by atoms with van der Waals surface area (Å²) in [5.41, 5.74) is 4.37. The maximum atomic E-state index is 6.38. The minimum Gasteiger partial charge on any atom is -0.342 e. The van der Waals surface area contributed by atoms with Crippen molar-refractivity contribution in [2.75, 3.05) is 5.32 Å². The lowest BCUT2D eigenvalue weighted by molar-refractivity contribution is 0.348. The number of rotatable bonds is 4. The summed E-state index contributed by atoms with van der Waals surface area (Å²) >= 11 is 12.0. The number of hydrogen-bond donors (Lipinski definition) is 1. The summed E-state index contributed by atoms with van der Waals surface area (Å²) < 4.78 is 0. The Labute approximate surface area is 149 Å². The molecule has 0 saturated heterocycles. The van der Waals surface area contributed by atoms with Gasteiger partial charge in [0.05, 0.1) is 10.7 Å². The number of hydrogen-bond acceptors (Lipinski definition) is 1. The van der Waals surface area contributed by atoms with Crippen LogP contribution in [-0.2, 0) is 6.54 Å². The van der Waals surface area contributed by atoms with Gasteiger partial charge in [-0.3, -0.25) is 0 Å². The molecule has 0 unspecified atom stereocenters. The van der Waals surface area contributed by atoms with E-state index in [2.05, 4.69) is 42.3 Å². The van der Waals surface area contributed by atoms with Gasteiger partial charge >= 0.3 is 0 Å². The Bertz CT molecular complexity index is 660. The molecule has 2 aromatic rings. The van der Waals surface area contributed by atoms with Gasteiger partial charge < -0.3 is 10.2 Å². The van der Waals surface area contributed by atoms with E-state index in [1.54, 1.807) is 0 Å². The zero-order chi connectivity index (χ0) is 17.0. The molecule has 0 aliphatic carbocycles. The van der Waals surface area contributed by atoms with E-state index < -0.39 is 0 Å². The van der Waals surface area contributed by atoms with Crippen molar-refractivity contribution in [3.63, 3.8) is 0 Å². The molecule has 0 fully saturated rings. The fourth-order valence-electron chi connectivity index (χ4n) is 2.52. The molecular weight excluding hydrogens is 324 g/mol. The van der Waals surface area contributed by atoms with E-state index in [0.717, 1.165) is 23.4 Å². The largest absolute Gasteiger partial charge is 0.342 e. The first-order chi connectivity index (χ1) is 10.9. The van der Waals surface area contributed by atoms with Crippen LogP contribution in [0.15, 0.2) is 42.5 Å². The van der Waals surface area contributed by atoms with Gasteiger partial charge in [0, 0.05) is 12.6 Å². The maximum Gasteiger partial charge on any atom is 0.174 e. The van der Waals surface area contributed by atoms with Crippen molar-refractivity contribution in [1.82, 2.24) is 4.90 Å². The van der Waals surface area contributed by atoms with E-state index in [9.17, 15) is 0 Å². The maximum absolute atomic E-state index is 6.38. The lowest BCUT2D eigenvalue weighted by Gasteiger charge is -2.30. The number of thiocarbonyl (C=S) groups is 1. The molecule has 1 N–H and O–H groups in total. The summed E-state index contributed by atoms with van der Waals surface area (Å²) in [7, 11) is 0. The van der Waals surface area contributed by atoms with Gasteiger partial charge in [-0.05, 0) is 62.7 Å². The second-order valence-corrected chi connectivity index (χ2v) is 6.87. The van der Waals surface area contributed by atoms with Crippen LogP contribution in [0.5, 0.6) is 0 Å². The molecule has 4 heteroatoms. The number of benzene rings is 2. The third-order valence-corrected chi connectivity index (χ3v) is 4.38. The summed E-state index contributed by atoms with van der Waals surface area (Å²) in [6.45, 7) is 9.13. The Hall–Kier alpha value is -1.58. The van der Waals surface area contributed by atoms with Gasteiger partial charge in [0.15, 0.2) is 5.11 Å². The van der Waals surface area contributed by atoms with Gasteiger partial charge in [-0.25, -0.2) is 0 Å². The minimum atomic E-state index is 0.291. The highest BCUT2D eigenvalue weighted by Gasteiger charge is 2.16. The summed E-state index contributed by atoms with van der Waals surface area (Å²) in [6.07, 6.45) is 0. The number of nitrogens with one attached hydrogen (secondary N) is 1. The molecule has 2 rings (SSSR count). The monoisotopic (exact) mass is 346 g/mol. The molecule has 0 saturated carbocycles. The molecule has 0 spiro atoms. The van der Waals surface area contributed by atoms with Crippen LogP contribution in [0.1, 0.15) is 30.5 Å². The third kappa shape index (κ3) is 4.69. The molecular formula is C19H23ClN2S. The van der Waals surface area contributed by atoms with Gasteiger partial charge in [-0.2, -0.15) is 0 Å². The van der Waals surface area contributed by atoms with Crippen molar-refractivity contribution in [3.05, 3.63) is 64.2 Å². The molecule has 0 heterocycles. The fourth-order valence-corrected chi connectivity index (χ4v) is 3.27. The average molecular weight is 347 g/mol. The van der Waals surface area contributed by atoms with Crippen molar-refractivity contribution in [1.29, 1.82) is 0 Å². The van der Waals surface area contributed by atoms with Crippen LogP contribution in [0.3, 0.4) is 0 Å². The number of anilines is 1. The first kappa shape index (κ1) is 17.8. The van der Waals surface area contributed by atoms with E-state index in [0.29, 0.717) is 16.2 Å². The average Bonchev–Trinajstić information content (AvgIpc) is 2.49. The molecule has 2 nitrogen and oxygen atoms in total. The van der Waals surface area contributed by atoms with E-state index in [-0.39, 0.29) is 0 Å². The van der Waals surface area contributed by atoms with Crippen molar-refractivity contribution < 1.29 is 0 Å². The van der Waals surface area contributed by atoms with Crippen LogP contribution in [-0.4, -0.2) is 16.1 Å². The summed E-state index contributed by atoms with van der Waals surface area (Å²) in [6, 6.07) is 14.7. The van der Waals surface area contributed by atoms with Crippen LogP contribution >= 0.6 is 23.8 Å². The molecule has 0 atom stereocenters. The Kier molecular flexibility index (Phi) is 6.03. The van der Waals surface area contributed by atoms with Crippen LogP contribution in [0.4, 0.5) is 5.69 Å². The smallest absolute Gasteiger partial charge is 0.174 e. The van der Waals surface area contributed by atoms with E-state index in [1.807, 2.05) is 38.1 Å². The van der Waals surface area contributed by atoms with Crippen LogP contribution in [0.25, 0.3) is 0 Å². The Morgan fingerprint density at radius 1 is 1.17 bits per heavy atom. The highest BCUT2D eigenvalue weighted by atomic mass is 35.5. The second-order valence-electron chi connectivity index (χ2n) is 6.08. The number of aryl methyl sites for hydroxylation is 2. The molecule has 2 aromatic carbocycles. The van der Waals surface area contributed by atoms with E-state index in [1.165, 1.54) is 5.56 Å². The Morgan fingerprint density at radius 2 is 1.83 bits per heavy atom. The van der Waals surface area contributed by atoms with E-state index >= 15 is 0 Å². The topological polar surface area (TPSA) is 15.3 Å². The van der Waals surface area contributed by atoms with Crippen molar-refractivity contribution in [3.8, 4) is 0 Å². The van der Waals surface area contributed by atoms with Gasteiger partial charge in [-0.15, -0.1) is 0 Å². The SMILES string of the molecule is Cc1cc(C)c(NC(=S)N(Cc2ccccc2)C(C)C)c(Cl)c1. The van der Waals surface area contributed by atoms with Gasteiger partial charge in [-0.1, -0.05) is 48.0 Å². The van der Waals surface area contributed by atoms with E-state index in [4.69, 9.17) is 23.8 Å². The molecule has 0 aliphatic rings.